The average Bonchev–Trinajstić information content (AvgIpc) is 2.98. The Morgan fingerprint density at radius 1 is 1.55 bits per heavy atom. The molecule has 2 heterocycles. The molecule has 1 saturated heterocycles. The molecule has 0 radical (unpaired) electrons. The van der Waals surface area contributed by atoms with E-state index in [-0.39, 0.29) is 15.4 Å². The number of nitrogens with one attached hydrogen (secondary N) is 1. The molecule has 112 valence electrons. The molecule has 10 heteroatoms. The van der Waals surface area contributed by atoms with Gasteiger partial charge in [0.1, 0.15) is 0 Å². The van der Waals surface area contributed by atoms with Crippen LogP contribution in [0.1, 0.15) is 19.8 Å². The van der Waals surface area contributed by atoms with E-state index in [1.165, 1.54) is 11.2 Å². The summed E-state index contributed by atoms with van der Waals surface area (Å²) >= 11 is 6.54. The number of rotatable bonds is 5. The van der Waals surface area contributed by atoms with E-state index < -0.39 is 10.0 Å². The molecule has 7 nitrogen and oxygen atoms in total. The van der Waals surface area contributed by atoms with Crippen LogP contribution in [0.3, 0.4) is 0 Å². The normalized spacial score (nSPS) is 20.2. The van der Waals surface area contributed by atoms with Gasteiger partial charge >= 0.3 is 0 Å². The molecule has 1 aromatic heterocycles. The van der Waals surface area contributed by atoms with Gasteiger partial charge < -0.3 is 5.32 Å². The van der Waals surface area contributed by atoms with Crippen molar-refractivity contribution in [3.05, 3.63) is 0 Å². The minimum Gasteiger partial charge on any atom is -0.301 e. The lowest BCUT2D eigenvalue weighted by Crippen LogP contribution is -2.28. The van der Waals surface area contributed by atoms with E-state index in [9.17, 15) is 13.2 Å². The number of sulfonamides is 1. The zero-order valence-corrected chi connectivity index (χ0v) is 13.3. The molecule has 1 unspecified atom stereocenters. The molecule has 1 atom stereocenters. The van der Waals surface area contributed by atoms with Gasteiger partial charge in [-0.25, -0.2) is 8.42 Å². The van der Waals surface area contributed by atoms with Gasteiger partial charge in [0.05, 0.1) is 0 Å². The van der Waals surface area contributed by atoms with Crippen molar-refractivity contribution >= 4 is 44.0 Å². The quantitative estimate of drug-likeness (QED) is 0.642. The van der Waals surface area contributed by atoms with Crippen LogP contribution in [0.15, 0.2) is 4.34 Å². The zero-order valence-electron chi connectivity index (χ0n) is 10.9. The summed E-state index contributed by atoms with van der Waals surface area (Å²) in [4.78, 5) is 10.9. The lowest BCUT2D eigenvalue weighted by Gasteiger charge is -2.13. The van der Waals surface area contributed by atoms with Crippen molar-refractivity contribution in [2.45, 2.75) is 24.1 Å². The smallest absolute Gasteiger partial charge is 0.272 e. The fourth-order valence-corrected chi connectivity index (χ4v) is 4.95. The Bertz CT molecular complexity index is 589. The molecule has 1 N–H and O–H groups in total. The summed E-state index contributed by atoms with van der Waals surface area (Å²) in [6.07, 6.45) is 1.62. The SMILES string of the molecule is CC(=O)Nc1nnc(S(=O)(=O)N2CCC(CCCl)C2)s1. The molecule has 1 aliphatic rings. The largest absolute Gasteiger partial charge is 0.301 e. The van der Waals surface area contributed by atoms with Crippen molar-refractivity contribution in [1.82, 2.24) is 14.5 Å². The number of aromatic nitrogens is 2. The highest BCUT2D eigenvalue weighted by Gasteiger charge is 2.34. The third-order valence-electron chi connectivity index (χ3n) is 3.02. The third kappa shape index (κ3) is 3.46. The fourth-order valence-electron chi connectivity index (χ4n) is 2.03. The first-order valence-corrected chi connectivity index (χ1v) is 8.90. The Labute approximate surface area is 126 Å². The minimum absolute atomic E-state index is 0.0900. The molecule has 2 rings (SSSR count). The number of halogens is 1. The van der Waals surface area contributed by atoms with Crippen molar-refractivity contribution in [3.63, 3.8) is 0 Å². The number of hydrogen-bond donors (Lipinski definition) is 1. The molecular weight excluding hydrogens is 324 g/mol. The highest BCUT2D eigenvalue weighted by molar-refractivity contribution is 7.91. The molecule has 1 amide bonds. The van der Waals surface area contributed by atoms with Gasteiger partial charge in [0.2, 0.25) is 15.4 Å². The molecule has 0 saturated carbocycles. The predicted octanol–water partition coefficient (Wildman–Crippen LogP) is 1.14. The minimum atomic E-state index is -3.62. The topological polar surface area (TPSA) is 92.3 Å². The van der Waals surface area contributed by atoms with Crippen molar-refractivity contribution in [2.24, 2.45) is 5.92 Å². The molecule has 0 spiro atoms. The number of carbonyl (C=O) groups is 1. The highest BCUT2D eigenvalue weighted by Crippen LogP contribution is 2.29. The first-order chi connectivity index (χ1) is 9.43. The van der Waals surface area contributed by atoms with Gasteiger partial charge in [0.15, 0.2) is 0 Å². The number of carbonyl (C=O) groups excluding carboxylic acids is 1. The zero-order chi connectivity index (χ0) is 14.8. The second kappa shape index (κ2) is 6.33. The molecule has 1 aliphatic heterocycles. The van der Waals surface area contributed by atoms with Crippen LogP contribution >= 0.6 is 22.9 Å². The van der Waals surface area contributed by atoms with Crippen LogP contribution in [0.2, 0.25) is 0 Å². The maximum atomic E-state index is 12.4. The Morgan fingerprint density at radius 3 is 2.95 bits per heavy atom. The lowest BCUT2D eigenvalue weighted by atomic mass is 10.1. The second-order valence-electron chi connectivity index (χ2n) is 4.55. The lowest BCUT2D eigenvalue weighted by molar-refractivity contribution is -0.114. The van der Waals surface area contributed by atoms with E-state index >= 15 is 0 Å². The Hall–Kier alpha value is -0.770. The van der Waals surface area contributed by atoms with E-state index in [2.05, 4.69) is 15.5 Å². The van der Waals surface area contributed by atoms with Crippen LogP contribution in [0.5, 0.6) is 0 Å². The van der Waals surface area contributed by atoms with Crippen molar-refractivity contribution in [3.8, 4) is 0 Å². The summed E-state index contributed by atoms with van der Waals surface area (Å²) in [6, 6.07) is 0. The first kappa shape index (κ1) is 15.6. The van der Waals surface area contributed by atoms with Crippen LogP contribution in [0, 0.1) is 5.92 Å². The average molecular weight is 339 g/mol. The Balaban J connectivity index is 2.11. The maximum Gasteiger partial charge on any atom is 0.272 e. The standard InChI is InChI=1S/C10H15ClN4O3S2/c1-7(16)12-9-13-14-10(19-9)20(17,18)15-5-3-8(6-15)2-4-11/h8H,2-6H2,1H3,(H,12,13,16). The molecular formula is C10H15ClN4O3S2. The molecule has 0 bridgehead atoms. The highest BCUT2D eigenvalue weighted by atomic mass is 35.5. The van der Waals surface area contributed by atoms with Crippen LogP contribution in [-0.4, -0.2) is 47.8 Å². The molecule has 0 aromatic carbocycles. The first-order valence-electron chi connectivity index (χ1n) is 6.10. The summed E-state index contributed by atoms with van der Waals surface area (Å²) in [5.41, 5.74) is 0. The number of amides is 1. The molecule has 0 aliphatic carbocycles. The fraction of sp³-hybridized carbons (Fsp3) is 0.700. The summed E-state index contributed by atoms with van der Waals surface area (Å²) in [5, 5.41) is 9.92. The Kier molecular flexibility index (Phi) is 4.95. The maximum absolute atomic E-state index is 12.4. The second-order valence-corrected chi connectivity index (χ2v) is 8.02. The number of alkyl halides is 1. The van der Waals surface area contributed by atoms with Crippen molar-refractivity contribution < 1.29 is 13.2 Å². The van der Waals surface area contributed by atoms with Gasteiger partial charge in [0, 0.05) is 25.9 Å². The summed E-state index contributed by atoms with van der Waals surface area (Å²) in [5.74, 6) is 0.516. The van der Waals surface area contributed by atoms with Gasteiger partial charge in [-0.15, -0.1) is 21.8 Å². The predicted molar refractivity (Wildman–Crippen MR) is 76.4 cm³/mol. The van der Waals surface area contributed by atoms with Gasteiger partial charge in [0.25, 0.3) is 10.0 Å². The van der Waals surface area contributed by atoms with Crippen molar-refractivity contribution in [1.29, 1.82) is 0 Å². The van der Waals surface area contributed by atoms with Crippen LogP contribution in [-0.2, 0) is 14.8 Å². The molecule has 1 fully saturated rings. The van der Waals surface area contributed by atoms with Gasteiger partial charge in [-0.2, -0.15) is 4.31 Å². The van der Waals surface area contributed by atoms with E-state index in [1.807, 2.05) is 0 Å². The number of hydrogen-bond acceptors (Lipinski definition) is 6. The summed E-state index contributed by atoms with van der Waals surface area (Å²) < 4.78 is 26.1. The van der Waals surface area contributed by atoms with E-state index in [0.29, 0.717) is 24.9 Å². The monoisotopic (exact) mass is 338 g/mol. The van der Waals surface area contributed by atoms with Gasteiger partial charge in [-0.05, 0) is 18.8 Å². The summed E-state index contributed by atoms with van der Waals surface area (Å²) in [7, 11) is -3.62. The third-order valence-corrected chi connectivity index (χ3v) is 6.28. The van der Waals surface area contributed by atoms with E-state index in [0.717, 1.165) is 24.2 Å². The number of anilines is 1. The molecule has 20 heavy (non-hydrogen) atoms. The van der Waals surface area contributed by atoms with E-state index in [4.69, 9.17) is 11.6 Å². The molecule has 1 aromatic rings. The van der Waals surface area contributed by atoms with Crippen LogP contribution < -0.4 is 5.32 Å². The number of nitrogens with zero attached hydrogens (tertiary/aromatic N) is 3. The van der Waals surface area contributed by atoms with Crippen LogP contribution in [0.25, 0.3) is 0 Å². The van der Waals surface area contributed by atoms with Gasteiger partial charge in [-0.3, -0.25) is 4.79 Å². The summed E-state index contributed by atoms with van der Waals surface area (Å²) in [6.45, 7) is 2.26. The van der Waals surface area contributed by atoms with E-state index in [1.54, 1.807) is 0 Å². The van der Waals surface area contributed by atoms with Crippen LogP contribution in [0.4, 0.5) is 5.13 Å². The Morgan fingerprint density at radius 2 is 2.30 bits per heavy atom. The van der Waals surface area contributed by atoms with Crippen molar-refractivity contribution in [2.75, 3.05) is 24.3 Å². The van der Waals surface area contributed by atoms with Gasteiger partial charge in [-0.1, -0.05) is 11.3 Å².